The third-order valence-electron chi connectivity index (χ3n) is 3.97. The lowest BCUT2D eigenvalue weighted by atomic mass is 10.1. The van der Waals surface area contributed by atoms with Gasteiger partial charge in [-0.05, 0) is 49.9 Å². The molecule has 0 spiro atoms. The standard InChI is InChI=1S/C17H21N5O3/c1-11-7-12(2)9-13(8-11)25-10-14(23)18-16-15(19-21-20-16)17(24)22-5-3-4-6-22/h7-9H,3-6,10H2,1-2H3,(H2,18,19,20,21,23). The maximum Gasteiger partial charge on any atom is 0.278 e. The quantitative estimate of drug-likeness (QED) is 0.860. The van der Waals surface area contributed by atoms with Gasteiger partial charge in [-0.1, -0.05) is 6.07 Å². The Kier molecular flexibility index (Phi) is 4.97. The average Bonchev–Trinajstić information content (AvgIpc) is 3.23. The Morgan fingerprint density at radius 1 is 1.16 bits per heavy atom. The van der Waals surface area contributed by atoms with Crippen molar-refractivity contribution in [1.82, 2.24) is 20.3 Å². The monoisotopic (exact) mass is 343 g/mol. The second-order valence-corrected chi connectivity index (χ2v) is 6.18. The minimum absolute atomic E-state index is 0.127. The van der Waals surface area contributed by atoms with Gasteiger partial charge in [0.1, 0.15) is 5.75 Å². The van der Waals surface area contributed by atoms with E-state index in [2.05, 4.69) is 20.7 Å². The van der Waals surface area contributed by atoms with Gasteiger partial charge in [0.25, 0.3) is 11.8 Å². The lowest BCUT2D eigenvalue weighted by Crippen LogP contribution is -2.29. The van der Waals surface area contributed by atoms with Crippen LogP contribution in [0.3, 0.4) is 0 Å². The first-order valence-electron chi connectivity index (χ1n) is 8.24. The van der Waals surface area contributed by atoms with Gasteiger partial charge in [0.05, 0.1) is 0 Å². The smallest absolute Gasteiger partial charge is 0.278 e. The molecule has 25 heavy (non-hydrogen) atoms. The van der Waals surface area contributed by atoms with Crippen LogP contribution in [0.2, 0.25) is 0 Å². The second kappa shape index (κ2) is 7.33. The van der Waals surface area contributed by atoms with E-state index in [-0.39, 0.29) is 24.0 Å². The summed E-state index contributed by atoms with van der Waals surface area (Å²) in [5, 5.41) is 12.7. The van der Waals surface area contributed by atoms with E-state index in [0.717, 1.165) is 24.0 Å². The molecule has 8 heteroatoms. The summed E-state index contributed by atoms with van der Waals surface area (Å²) in [5.41, 5.74) is 2.25. The number of anilines is 1. The number of amides is 2. The lowest BCUT2D eigenvalue weighted by molar-refractivity contribution is -0.118. The SMILES string of the molecule is Cc1cc(C)cc(OCC(=O)Nc2n[nH]nc2C(=O)N2CCCC2)c1. The summed E-state index contributed by atoms with van der Waals surface area (Å²) in [5.74, 6) is 0.132. The van der Waals surface area contributed by atoms with Crippen LogP contribution in [0.1, 0.15) is 34.5 Å². The van der Waals surface area contributed by atoms with Crippen LogP contribution < -0.4 is 10.1 Å². The Bertz CT molecular complexity index is 760. The van der Waals surface area contributed by atoms with Crippen LogP contribution in [0.15, 0.2) is 18.2 Å². The second-order valence-electron chi connectivity index (χ2n) is 6.18. The van der Waals surface area contributed by atoms with Gasteiger partial charge in [0.15, 0.2) is 18.1 Å². The van der Waals surface area contributed by atoms with Crippen LogP contribution in [-0.2, 0) is 4.79 Å². The van der Waals surface area contributed by atoms with E-state index >= 15 is 0 Å². The third kappa shape index (κ3) is 4.14. The first kappa shape index (κ1) is 16.9. The number of likely N-dealkylation sites (tertiary alicyclic amines) is 1. The largest absolute Gasteiger partial charge is 0.484 e. The predicted octanol–water partition coefficient (Wildman–Crippen LogP) is 1.68. The Hall–Kier alpha value is -2.90. The molecule has 3 rings (SSSR count). The van der Waals surface area contributed by atoms with Crippen LogP contribution in [0.5, 0.6) is 5.75 Å². The van der Waals surface area contributed by atoms with Gasteiger partial charge in [-0.2, -0.15) is 5.21 Å². The van der Waals surface area contributed by atoms with E-state index in [1.54, 1.807) is 4.90 Å². The Labute approximate surface area is 145 Å². The first-order valence-corrected chi connectivity index (χ1v) is 8.24. The van der Waals surface area contributed by atoms with Gasteiger partial charge in [0, 0.05) is 13.1 Å². The van der Waals surface area contributed by atoms with Gasteiger partial charge < -0.3 is 15.0 Å². The number of carbonyl (C=O) groups excluding carboxylic acids is 2. The van der Waals surface area contributed by atoms with Crippen molar-refractivity contribution in [2.45, 2.75) is 26.7 Å². The summed E-state index contributed by atoms with van der Waals surface area (Å²) in [6.07, 6.45) is 1.96. The van der Waals surface area contributed by atoms with Crippen LogP contribution in [0.4, 0.5) is 5.82 Å². The maximum atomic E-state index is 12.4. The number of aromatic amines is 1. The molecule has 2 aromatic rings. The zero-order valence-electron chi connectivity index (χ0n) is 14.3. The van der Waals surface area contributed by atoms with Gasteiger partial charge in [-0.15, -0.1) is 10.2 Å². The van der Waals surface area contributed by atoms with E-state index in [4.69, 9.17) is 4.74 Å². The average molecular weight is 343 g/mol. The molecule has 2 N–H and O–H groups in total. The lowest BCUT2D eigenvalue weighted by Gasteiger charge is -2.14. The molecule has 0 saturated carbocycles. The normalized spacial score (nSPS) is 13.8. The molecule has 0 bridgehead atoms. The van der Waals surface area contributed by atoms with E-state index in [1.165, 1.54) is 0 Å². The molecule has 1 aliphatic heterocycles. The minimum atomic E-state index is -0.400. The topological polar surface area (TPSA) is 100 Å². The Balaban J connectivity index is 1.60. The molecule has 1 fully saturated rings. The number of aromatic nitrogens is 3. The van der Waals surface area contributed by atoms with Crippen LogP contribution in [0.25, 0.3) is 0 Å². The Morgan fingerprint density at radius 2 is 1.84 bits per heavy atom. The molecule has 1 aromatic heterocycles. The molecule has 0 radical (unpaired) electrons. The summed E-state index contributed by atoms with van der Waals surface area (Å²) in [4.78, 5) is 26.2. The van der Waals surface area contributed by atoms with E-state index in [0.29, 0.717) is 18.8 Å². The van der Waals surface area contributed by atoms with Crippen LogP contribution >= 0.6 is 0 Å². The summed E-state index contributed by atoms with van der Waals surface area (Å²) in [6.45, 7) is 5.16. The molecule has 1 aliphatic rings. The van der Waals surface area contributed by atoms with Gasteiger partial charge in [-0.3, -0.25) is 9.59 Å². The molecule has 0 atom stereocenters. The highest BCUT2D eigenvalue weighted by atomic mass is 16.5. The van der Waals surface area contributed by atoms with Crippen molar-refractivity contribution < 1.29 is 14.3 Å². The number of nitrogens with one attached hydrogen (secondary N) is 2. The summed E-state index contributed by atoms with van der Waals surface area (Å²) in [7, 11) is 0. The number of carbonyl (C=O) groups is 2. The number of H-pyrrole nitrogens is 1. The molecule has 0 unspecified atom stereocenters. The van der Waals surface area contributed by atoms with Crippen molar-refractivity contribution in [3.05, 3.63) is 35.0 Å². The number of hydrogen-bond donors (Lipinski definition) is 2. The van der Waals surface area contributed by atoms with Crippen molar-refractivity contribution in [3.63, 3.8) is 0 Å². The predicted molar refractivity (Wildman–Crippen MR) is 91.6 cm³/mol. The highest BCUT2D eigenvalue weighted by Crippen LogP contribution is 2.17. The number of benzene rings is 1. The van der Waals surface area contributed by atoms with Gasteiger partial charge in [-0.25, -0.2) is 0 Å². The fourth-order valence-corrected chi connectivity index (χ4v) is 2.87. The molecule has 0 aliphatic carbocycles. The molecule has 1 aromatic carbocycles. The maximum absolute atomic E-state index is 12.4. The molecule has 2 amide bonds. The van der Waals surface area contributed by atoms with Gasteiger partial charge in [0.2, 0.25) is 0 Å². The molecule has 132 valence electrons. The zero-order chi connectivity index (χ0) is 17.8. The van der Waals surface area contributed by atoms with Crippen molar-refractivity contribution in [2.75, 3.05) is 25.0 Å². The van der Waals surface area contributed by atoms with Crippen LogP contribution in [0, 0.1) is 13.8 Å². The summed E-state index contributed by atoms with van der Waals surface area (Å²) < 4.78 is 5.51. The summed E-state index contributed by atoms with van der Waals surface area (Å²) >= 11 is 0. The van der Waals surface area contributed by atoms with Gasteiger partial charge >= 0.3 is 0 Å². The first-order chi connectivity index (χ1) is 12.0. The van der Waals surface area contributed by atoms with Crippen molar-refractivity contribution in [3.8, 4) is 5.75 Å². The fourth-order valence-electron chi connectivity index (χ4n) is 2.87. The Morgan fingerprint density at radius 3 is 2.52 bits per heavy atom. The fraction of sp³-hybridized carbons (Fsp3) is 0.412. The minimum Gasteiger partial charge on any atom is -0.484 e. The van der Waals surface area contributed by atoms with Crippen molar-refractivity contribution >= 4 is 17.6 Å². The number of hydrogen-bond acceptors (Lipinski definition) is 5. The number of ether oxygens (including phenoxy) is 1. The number of rotatable bonds is 5. The van der Waals surface area contributed by atoms with E-state index in [9.17, 15) is 9.59 Å². The molecular weight excluding hydrogens is 322 g/mol. The molecule has 1 saturated heterocycles. The molecule has 2 heterocycles. The number of aryl methyl sites for hydroxylation is 2. The highest BCUT2D eigenvalue weighted by Gasteiger charge is 2.25. The van der Waals surface area contributed by atoms with Crippen molar-refractivity contribution in [2.24, 2.45) is 0 Å². The van der Waals surface area contributed by atoms with E-state index < -0.39 is 5.91 Å². The van der Waals surface area contributed by atoms with E-state index in [1.807, 2.05) is 32.0 Å². The summed E-state index contributed by atoms with van der Waals surface area (Å²) in [6, 6.07) is 5.75. The highest BCUT2D eigenvalue weighted by molar-refractivity contribution is 6.01. The molecular formula is C17H21N5O3. The van der Waals surface area contributed by atoms with Crippen molar-refractivity contribution in [1.29, 1.82) is 0 Å². The third-order valence-corrected chi connectivity index (χ3v) is 3.97. The molecule has 8 nitrogen and oxygen atoms in total. The zero-order valence-corrected chi connectivity index (χ0v) is 14.3. The van der Waals surface area contributed by atoms with Crippen LogP contribution in [-0.4, -0.2) is 51.8 Å². The number of nitrogens with zero attached hydrogens (tertiary/aromatic N) is 3.